The van der Waals surface area contributed by atoms with E-state index in [9.17, 15) is 0 Å². The van der Waals surface area contributed by atoms with E-state index in [1.807, 2.05) is 0 Å². The predicted octanol–water partition coefficient (Wildman–Crippen LogP) is 7.00. The van der Waals surface area contributed by atoms with Crippen molar-refractivity contribution < 1.29 is 5.11 Å². The molecule has 1 rings (SSSR count). The second-order valence-corrected chi connectivity index (χ2v) is 8.74. The first-order valence-electron chi connectivity index (χ1n) is 12.2. The Morgan fingerprint density at radius 2 is 0.962 bits per heavy atom. The van der Waals surface area contributed by atoms with Gasteiger partial charge in [0.25, 0.3) is 0 Å². The molecular formula is C24H49NO. The second-order valence-electron chi connectivity index (χ2n) is 8.74. The fourth-order valence-electron chi connectivity index (χ4n) is 4.36. The molecule has 1 fully saturated rings. The highest BCUT2D eigenvalue weighted by atomic mass is 16.2. The minimum atomic E-state index is 0.372. The average Bonchev–Trinajstić information content (AvgIpc) is 2.68. The number of unbranched alkanes of at least 4 members (excludes halogenated alkanes) is 14. The van der Waals surface area contributed by atoms with Crippen molar-refractivity contribution in [3.63, 3.8) is 0 Å². The number of aliphatic hydroxyl groups is 1. The number of hydrogen-bond donors (Lipinski definition) is 2. The summed E-state index contributed by atoms with van der Waals surface area (Å²) in [7, 11) is 0. The van der Waals surface area contributed by atoms with E-state index in [0.717, 1.165) is 12.3 Å². The molecular weight excluding hydrogens is 318 g/mol. The van der Waals surface area contributed by atoms with Gasteiger partial charge >= 0.3 is 0 Å². The molecule has 0 radical (unpaired) electrons. The first-order valence-corrected chi connectivity index (χ1v) is 12.2. The predicted molar refractivity (Wildman–Crippen MR) is 116 cm³/mol. The molecule has 0 aromatic rings. The van der Waals surface area contributed by atoms with Gasteiger partial charge in [0.15, 0.2) is 0 Å². The largest absolute Gasteiger partial charge is 0.396 e. The van der Waals surface area contributed by atoms with E-state index < -0.39 is 0 Å². The van der Waals surface area contributed by atoms with Crippen LogP contribution >= 0.6 is 0 Å². The second kappa shape index (κ2) is 19.7. The highest BCUT2D eigenvalue weighted by Crippen LogP contribution is 2.22. The SMILES string of the molecule is OCCCCCCCCCCCCCCCCCNCC1CCCCC1. The van der Waals surface area contributed by atoms with Crippen molar-refractivity contribution in [1.29, 1.82) is 0 Å². The quantitative estimate of drug-likeness (QED) is 0.241. The summed E-state index contributed by atoms with van der Waals surface area (Å²) in [5, 5.41) is 12.4. The molecule has 0 unspecified atom stereocenters. The molecule has 0 heterocycles. The van der Waals surface area contributed by atoms with Crippen molar-refractivity contribution in [1.82, 2.24) is 5.32 Å². The highest BCUT2D eigenvalue weighted by molar-refractivity contribution is 4.67. The van der Waals surface area contributed by atoms with Crippen LogP contribution in [0.3, 0.4) is 0 Å². The zero-order valence-electron chi connectivity index (χ0n) is 17.8. The molecule has 1 aliphatic rings. The van der Waals surface area contributed by atoms with E-state index in [2.05, 4.69) is 5.32 Å². The number of rotatable bonds is 19. The summed E-state index contributed by atoms with van der Waals surface area (Å²) in [6.45, 7) is 2.90. The van der Waals surface area contributed by atoms with Crippen molar-refractivity contribution in [3.8, 4) is 0 Å². The maximum Gasteiger partial charge on any atom is 0.0431 e. The lowest BCUT2D eigenvalue weighted by Crippen LogP contribution is -2.25. The van der Waals surface area contributed by atoms with E-state index in [-0.39, 0.29) is 0 Å². The lowest BCUT2D eigenvalue weighted by molar-refractivity contribution is 0.282. The minimum absolute atomic E-state index is 0.372. The van der Waals surface area contributed by atoms with E-state index in [0.29, 0.717) is 6.61 Å². The Labute approximate surface area is 164 Å². The van der Waals surface area contributed by atoms with Crippen molar-refractivity contribution in [3.05, 3.63) is 0 Å². The molecule has 0 amide bonds. The Balaban J connectivity index is 1.65. The van der Waals surface area contributed by atoms with Crippen LogP contribution in [0, 0.1) is 5.92 Å². The summed E-state index contributed by atoms with van der Waals surface area (Å²) >= 11 is 0. The summed E-state index contributed by atoms with van der Waals surface area (Å²) in [6, 6.07) is 0. The summed E-state index contributed by atoms with van der Waals surface area (Å²) in [5.41, 5.74) is 0. The summed E-state index contributed by atoms with van der Waals surface area (Å²) < 4.78 is 0. The number of nitrogens with one attached hydrogen (secondary N) is 1. The van der Waals surface area contributed by atoms with Crippen LogP contribution in [0.1, 0.15) is 128 Å². The fourth-order valence-corrected chi connectivity index (χ4v) is 4.36. The molecule has 2 N–H and O–H groups in total. The number of aliphatic hydroxyl groups excluding tert-OH is 1. The third kappa shape index (κ3) is 16.1. The molecule has 1 aliphatic carbocycles. The molecule has 0 saturated heterocycles. The molecule has 0 atom stereocenters. The Morgan fingerprint density at radius 3 is 1.42 bits per heavy atom. The topological polar surface area (TPSA) is 32.3 Å². The van der Waals surface area contributed by atoms with Gasteiger partial charge in [-0.05, 0) is 44.7 Å². The first kappa shape index (κ1) is 24.0. The molecule has 2 nitrogen and oxygen atoms in total. The average molecular weight is 368 g/mol. The van der Waals surface area contributed by atoms with Crippen molar-refractivity contribution in [2.45, 2.75) is 128 Å². The molecule has 0 aliphatic heterocycles. The zero-order valence-corrected chi connectivity index (χ0v) is 17.8. The van der Waals surface area contributed by atoms with Crippen molar-refractivity contribution in [2.24, 2.45) is 5.92 Å². The standard InChI is InChI=1S/C24H49NO/c26-22-18-13-11-9-7-5-3-1-2-4-6-8-10-12-17-21-25-23-24-19-15-14-16-20-24/h24-26H,1-23H2. The lowest BCUT2D eigenvalue weighted by atomic mass is 9.89. The maximum absolute atomic E-state index is 8.73. The summed E-state index contributed by atoms with van der Waals surface area (Å²) in [5.74, 6) is 0.981. The Kier molecular flexibility index (Phi) is 18.1. The Bertz CT molecular complexity index is 263. The van der Waals surface area contributed by atoms with E-state index in [1.165, 1.54) is 135 Å². The van der Waals surface area contributed by atoms with Crippen molar-refractivity contribution in [2.75, 3.05) is 19.7 Å². The Morgan fingerprint density at radius 1 is 0.538 bits per heavy atom. The number of hydrogen-bond acceptors (Lipinski definition) is 2. The van der Waals surface area contributed by atoms with Crippen LogP contribution in [-0.4, -0.2) is 24.8 Å². The first-order chi connectivity index (χ1) is 12.9. The van der Waals surface area contributed by atoms with Gasteiger partial charge in [-0.1, -0.05) is 103 Å². The Hall–Kier alpha value is -0.0800. The third-order valence-corrected chi connectivity index (χ3v) is 6.17. The van der Waals surface area contributed by atoms with Gasteiger partial charge in [0.2, 0.25) is 0 Å². The van der Waals surface area contributed by atoms with Gasteiger partial charge in [-0.2, -0.15) is 0 Å². The zero-order chi connectivity index (χ0) is 18.5. The summed E-state index contributed by atoms with van der Waals surface area (Å²) in [4.78, 5) is 0. The normalized spacial score (nSPS) is 15.6. The van der Waals surface area contributed by atoms with Crippen LogP contribution in [0.4, 0.5) is 0 Å². The molecule has 0 bridgehead atoms. The molecule has 2 heteroatoms. The highest BCUT2D eigenvalue weighted by Gasteiger charge is 2.12. The van der Waals surface area contributed by atoms with E-state index >= 15 is 0 Å². The van der Waals surface area contributed by atoms with Crippen LogP contribution in [-0.2, 0) is 0 Å². The van der Waals surface area contributed by atoms with Gasteiger partial charge in [0.05, 0.1) is 0 Å². The maximum atomic E-state index is 8.73. The van der Waals surface area contributed by atoms with Gasteiger partial charge in [0.1, 0.15) is 0 Å². The van der Waals surface area contributed by atoms with Crippen LogP contribution in [0.2, 0.25) is 0 Å². The van der Waals surface area contributed by atoms with E-state index in [4.69, 9.17) is 5.11 Å². The summed E-state index contributed by atoms with van der Waals surface area (Å²) in [6.07, 6.45) is 28.0. The monoisotopic (exact) mass is 367 g/mol. The van der Waals surface area contributed by atoms with Crippen LogP contribution < -0.4 is 5.32 Å². The molecule has 0 aromatic heterocycles. The van der Waals surface area contributed by atoms with Gasteiger partial charge < -0.3 is 10.4 Å². The van der Waals surface area contributed by atoms with Gasteiger partial charge in [0, 0.05) is 6.61 Å². The molecule has 156 valence electrons. The van der Waals surface area contributed by atoms with Crippen LogP contribution in [0.25, 0.3) is 0 Å². The minimum Gasteiger partial charge on any atom is -0.396 e. The van der Waals surface area contributed by atoms with E-state index in [1.54, 1.807) is 0 Å². The molecule has 1 saturated carbocycles. The van der Waals surface area contributed by atoms with Gasteiger partial charge in [-0.15, -0.1) is 0 Å². The van der Waals surface area contributed by atoms with Crippen LogP contribution in [0.5, 0.6) is 0 Å². The lowest BCUT2D eigenvalue weighted by Gasteiger charge is -2.21. The van der Waals surface area contributed by atoms with Crippen LogP contribution in [0.15, 0.2) is 0 Å². The smallest absolute Gasteiger partial charge is 0.0431 e. The molecule has 26 heavy (non-hydrogen) atoms. The third-order valence-electron chi connectivity index (χ3n) is 6.17. The molecule has 0 spiro atoms. The van der Waals surface area contributed by atoms with Gasteiger partial charge in [-0.3, -0.25) is 0 Å². The fraction of sp³-hybridized carbons (Fsp3) is 1.00. The van der Waals surface area contributed by atoms with Gasteiger partial charge in [-0.25, -0.2) is 0 Å². The molecule has 0 aromatic carbocycles. The van der Waals surface area contributed by atoms with Crippen molar-refractivity contribution >= 4 is 0 Å².